The molecule has 1 aliphatic heterocycles. The number of amides is 1. The number of anilines is 1. The molecule has 1 saturated heterocycles. The van der Waals surface area contributed by atoms with Crippen LogP contribution in [0.1, 0.15) is 17.3 Å². The van der Waals surface area contributed by atoms with E-state index in [2.05, 4.69) is 16.5 Å². The van der Waals surface area contributed by atoms with Gasteiger partial charge in [-0.1, -0.05) is 30.4 Å². The van der Waals surface area contributed by atoms with Gasteiger partial charge in [0.05, 0.1) is 0 Å². The zero-order valence-electron chi connectivity index (χ0n) is 17.1. The summed E-state index contributed by atoms with van der Waals surface area (Å²) < 4.78 is 3.13. The van der Waals surface area contributed by atoms with Crippen molar-refractivity contribution < 1.29 is 4.79 Å². The molecule has 2 aromatic heterocycles. The zero-order valence-corrected chi connectivity index (χ0v) is 17.1. The van der Waals surface area contributed by atoms with Gasteiger partial charge >= 0.3 is 5.69 Å². The molecule has 9 heteroatoms. The monoisotopic (exact) mass is 408 g/mol. The van der Waals surface area contributed by atoms with Gasteiger partial charge in [-0.3, -0.25) is 19.1 Å². The van der Waals surface area contributed by atoms with Crippen LogP contribution in [0.5, 0.6) is 0 Å². The summed E-state index contributed by atoms with van der Waals surface area (Å²) in [5, 5.41) is 0. The lowest BCUT2D eigenvalue weighted by molar-refractivity contribution is 0.0746. The van der Waals surface area contributed by atoms with Crippen molar-refractivity contribution in [2.45, 2.75) is 13.5 Å². The Morgan fingerprint density at radius 3 is 2.43 bits per heavy atom. The highest BCUT2D eigenvalue weighted by molar-refractivity contribution is 5.94. The Labute approximate surface area is 172 Å². The minimum absolute atomic E-state index is 0.00419. The molecule has 30 heavy (non-hydrogen) atoms. The van der Waals surface area contributed by atoms with Crippen LogP contribution < -0.4 is 16.1 Å². The zero-order chi connectivity index (χ0) is 21.4. The first-order valence-electron chi connectivity index (χ1n) is 9.80. The Kier molecular flexibility index (Phi) is 5.03. The van der Waals surface area contributed by atoms with E-state index in [9.17, 15) is 14.4 Å². The van der Waals surface area contributed by atoms with Gasteiger partial charge < -0.3 is 14.4 Å². The van der Waals surface area contributed by atoms with Gasteiger partial charge in [0.1, 0.15) is 0 Å². The van der Waals surface area contributed by atoms with Crippen LogP contribution in [-0.4, -0.2) is 56.1 Å². The second kappa shape index (κ2) is 7.66. The number of H-pyrrole nitrogens is 1. The molecule has 0 bridgehead atoms. The molecule has 1 aliphatic rings. The molecule has 0 aliphatic carbocycles. The number of piperazine rings is 1. The fourth-order valence-electron chi connectivity index (χ4n) is 3.76. The molecule has 3 aromatic rings. The molecule has 1 fully saturated rings. The van der Waals surface area contributed by atoms with Gasteiger partial charge in [-0.05, 0) is 19.1 Å². The van der Waals surface area contributed by atoms with E-state index in [-0.39, 0.29) is 5.91 Å². The van der Waals surface area contributed by atoms with Crippen LogP contribution in [0.3, 0.4) is 0 Å². The van der Waals surface area contributed by atoms with E-state index >= 15 is 0 Å². The molecular formula is C21H24N6O3. The molecule has 0 atom stereocenters. The van der Waals surface area contributed by atoms with Crippen LogP contribution in [0.2, 0.25) is 0 Å². The highest BCUT2D eigenvalue weighted by Crippen LogP contribution is 2.22. The van der Waals surface area contributed by atoms with Gasteiger partial charge in [0.2, 0.25) is 5.95 Å². The van der Waals surface area contributed by atoms with E-state index in [0.29, 0.717) is 55.4 Å². The Bertz CT molecular complexity index is 1230. The molecule has 1 amide bonds. The summed E-state index contributed by atoms with van der Waals surface area (Å²) >= 11 is 0. The Morgan fingerprint density at radius 1 is 1.13 bits per heavy atom. The summed E-state index contributed by atoms with van der Waals surface area (Å²) in [5.41, 5.74) is 1.24. The van der Waals surface area contributed by atoms with E-state index in [0.717, 1.165) is 5.57 Å². The van der Waals surface area contributed by atoms with Crippen LogP contribution in [0.4, 0.5) is 5.95 Å². The van der Waals surface area contributed by atoms with E-state index in [1.807, 2.05) is 47.1 Å². The van der Waals surface area contributed by atoms with E-state index < -0.39 is 11.2 Å². The number of aromatic amines is 1. The summed E-state index contributed by atoms with van der Waals surface area (Å²) in [4.78, 5) is 48.1. The number of hydrogen-bond acceptors (Lipinski definition) is 5. The number of fused-ring (bicyclic) bond motifs is 1. The van der Waals surface area contributed by atoms with Gasteiger partial charge in [0, 0.05) is 45.3 Å². The van der Waals surface area contributed by atoms with Crippen LogP contribution >= 0.6 is 0 Å². The fraction of sp³-hybridized carbons (Fsp3) is 0.333. The average Bonchev–Trinajstić information content (AvgIpc) is 3.11. The van der Waals surface area contributed by atoms with Gasteiger partial charge in [0.15, 0.2) is 11.2 Å². The van der Waals surface area contributed by atoms with Gasteiger partial charge in [-0.15, -0.1) is 0 Å². The minimum atomic E-state index is -0.502. The molecular weight excluding hydrogens is 384 g/mol. The number of nitrogens with zero attached hydrogens (tertiary/aromatic N) is 5. The smallest absolute Gasteiger partial charge is 0.329 e. The van der Waals surface area contributed by atoms with E-state index in [1.54, 1.807) is 11.6 Å². The van der Waals surface area contributed by atoms with Crippen molar-refractivity contribution in [3.8, 4) is 0 Å². The SMILES string of the molecule is C=C(C)Cn1c(N2CCN(C(=O)c3ccccc3)CC2)nc2c1c(=O)[nH]c(=O)n2C. The molecule has 1 aromatic carbocycles. The lowest BCUT2D eigenvalue weighted by Crippen LogP contribution is -2.49. The molecule has 1 N–H and O–H groups in total. The summed E-state index contributed by atoms with van der Waals surface area (Å²) in [6.07, 6.45) is 0. The summed E-state index contributed by atoms with van der Waals surface area (Å²) in [6, 6.07) is 9.22. The molecule has 3 heterocycles. The third-order valence-corrected chi connectivity index (χ3v) is 5.29. The number of carbonyl (C=O) groups excluding carboxylic acids is 1. The maximum atomic E-state index is 12.7. The molecule has 9 nitrogen and oxygen atoms in total. The summed E-state index contributed by atoms with van der Waals surface area (Å²) in [7, 11) is 1.58. The Hall–Kier alpha value is -3.62. The number of benzene rings is 1. The Balaban J connectivity index is 1.66. The predicted octanol–water partition coefficient (Wildman–Crippen LogP) is 0.962. The molecule has 0 spiro atoms. The first-order chi connectivity index (χ1) is 14.4. The molecule has 4 rings (SSSR count). The van der Waals surface area contributed by atoms with Crippen molar-refractivity contribution >= 4 is 23.0 Å². The van der Waals surface area contributed by atoms with Crippen LogP contribution in [0, 0.1) is 0 Å². The van der Waals surface area contributed by atoms with Crippen molar-refractivity contribution in [2.24, 2.45) is 7.05 Å². The van der Waals surface area contributed by atoms with Gasteiger partial charge in [-0.2, -0.15) is 4.98 Å². The highest BCUT2D eigenvalue weighted by atomic mass is 16.2. The fourth-order valence-corrected chi connectivity index (χ4v) is 3.76. The summed E-state index contributed by atoms with van der Waals surface area (Å²) in [6.45, 7) is 8.48. The lowest BCUT2D eigenvalue weighted by atomic mass is 10.2. The topological polar surface area (TPSA) is 96.2 Å². The van der Waals surface area contributed by atoms with Crippen molar-refractivity contribution in [2.75, 3.05) is 31.1 Å². The van der Waals surface area contributed by atoms with E-state index in [1.165, 1.54) is 4.57 Å². The van der Waals surface area contributed by atoms with Crippen molar-refractivity contribution in [3.05, 3.63) is 68.9 Å². The standard InChI is InChI=1S/C21H24N6O3/c1-14(2)13-27-16-17(24(3)21(30)23-18(16)28)22-20(27)26-11-9-25(10-12-26)19(29)15-7-5-4-6-8-15/h4-8H,1,9-13H2,2-3H3,(H,23,28,30). The largest absolute Gasteiger partial charge is 0.339 e. The predicted molar refractivity (Wildman–Crippen MR) is 115 cm³/mol. The maximum Gasteiger partial charge on any atom is 0.329 e. The van der Waals surface area contributed by atoms with E-state index in [4.69, 9.17) is 0 Å². The van der Waals surface area contributed by atoms with Gasteiger partial charge in [0.25, 0.3) is 11.5 Å². The first-order valence-corrected chi connectivity index (χ1v) is 9.80. The second-order valence-corrected chi connectivity index (χ2v) is 7.59. The minimum Gasteiger partial charge on any atom is -0.339 e. The number of carbonyl (C=O) groups is 1. The van der Waals surface area contributed by atoms with Crippen molar-refractivity contribution in [3.63, 3.8) is 0 Å². The van der Waals surface area contributed by atoms with Crippen molar-refractivity contribution in [1.29, 1.82) is 0 Å². The van der Waals surface area contributed by atoms with Crippen molar-refractivity contribution in [1.82, 2.24) is 24.0 Å². The first kappa shape index (κ1) is 19.7. The number of allylic oxidation sites excluding steroid dienone is 1. The third-order valence-electron chi connectivity index (χ3n) is 5.29. The van der Waals surface area contributed by atoms with Crippen LogP contribution in [0.25, 0.3) is 11.2 Å². The molecule has 156 valence electrons. The number of rotatable bonds is 4. The number of hydrogen-bond donors (Lipinski definition) is 1. The maximum absolute atomic E-state index is 12.7. The molecule has 0 saturated carbocycles. The van der Waals surface area contributed by atoms with Crippen LogP contribution in [-0.2, 0) is 13.6 Å². The summed E-state index contributed by atoms with van der Waals surface area (Å²) in [5.74, 6) is 0.607. The number of nitrogens with one attached hydrogen (secondary N) is 1. The quantitative estimate of drug-likeness (QED) is 0.649. The lowest BCUT2D eigenvalue weighted by Gasteiger charge is -2.35. The van der Waals surface area contributed by atoms with Gasteiger partial charge in [-0.25, -0.2) is 4.79 Å². The molecule has 0 unspecified atom stereocenters. The highest BCUT2D eigenvalue weighted by Gasteiger charge is 2.27. The second-order valence-electron chi connectivity index (χ2n) is 7.59. The number of aryl methyl sites for hydroxylation is 1. The Morgan fingerprint density at radius 2 is 1.80 bits per heavy atom. The molecule has 0 radical (unpaired) electrons. The normalized spacial score (nSPS) is 14.3. The number of imidazole rings is 1. The van der Waals surface area contributed by atoms with Crippen LogP contribution in [0.15, 0.2) is 52.1 Å². The number of aromatic nitrogens is 4. The third kappa shape index (κ3) is 3.42. The average molecular weight is 408 g/mol.